The molecule has 0 saturated carbocycles. The molecule has 19 heavy (non-hydrogen) atoms. The number of ether oxygens (including phenoxy) is 2. The quantitative estimate of drug-likeness (QED) is 0.935. The first-order chi connectivity index (χ1) is 9.33. The van der Waals surface area contributed by atoms with Gasteiger partial charge in [-0.1, -0.05) is 6.07 Å². The summed E-state index contributed by atoms with van der Waals surface area (Å²) >= 11 is 1.73. The molecule has 2 aromatic rings. The standard InChI is InChI=1S/C14H16N2O2S/c1-17-11-5-3-4-9(13(11)18-2)14-16-10-6-7-15-8-12(10)19-14/h3-5,15H,6-8H2,1-2H3. The molecule has 3 rings (SSSR count). The van der Waals surface area contributed by atoms with Crippen LogP contribution >= 0.6 is 11.3 Å². The molecule has 0 aliphatic carbocycles. The van der Waals surface area contributed by atoms with Gasteiger partial charge in [-0.2, -0.15) is 0 Å². The monoisotopic (exact) mass is 276 g/mol. The predicted molar refractivity (Wildman–Crippen MR) is 76.1 cm³/mol. The summed E-state index contributed by atoms with van der Waals surface area (Å²) in [6, 6.07) is 5.89. The highest BCUT2D eigenvalue weighted by atomic mass is 32.1. The largest absolute Gasteiger partial charge is 0.493 e. The van der Waals surface area contributed by atoms with Crippen molar-refractivity contribution >= 4 is 11.3 Å². The van der Waals surface area contributed by atoms with Crippen molar-refractivity contribution < 1.29 is 9.47 Å². The molecule has 0 saturated heterocycles. The van der Waals surface area contributed by atoms with Gasteiger partial charge in [0.25, 0.3) is 0 Å². The summed E-state index contributed by atoms with van der Waals surface area (Å²) in [6.07, 6.45) is 0.998. The lowest BCUT2D eigenvalue weighted by Crippen LogP contribution is -2.22. The van der Waals surface area contributed by atoms with E-state index in [0.717, 1.165) is 41.6 Å². The van der Waals surface area contributed by atoms with Crippen molar-refractivity contribution in [2.24, 2.45) is 0 Å². The fraction of sp³-hybridized carbons (Fsp3) is 0.357. The molecule has 0 amide bonds. The SMILES string of the molecule is COc1cccc(-c2nc3c(s2)CNCC3)c1OC. The highest BCUT2D eigenvalue weighted by Crippen LogP contribution is 2.40. The Hall–Kier alpha value is -1.59. The summed E-state index contributed by atoms with van der Waals surface area (Å²) < 4.78 is 10.8. The number of hydrogen-bond acceptors (Lipinski definition) is 5. The minimum absolute atomic E-state index is 0.742. The van der Waals surface area contributed by atoms with E-state index in [1.54, 1.807) is 25.6 Å². The molecule has 1 aromatic carbocycles. The van der Waals surface area contributed by atoms with Crippen molar-refractivity contribution in [1.82, 2.24) is 10.3 Å². The van der Waals surface area contributed by atoms with Gasteiger partial charge in [-0.15, -0.1) is 11.3 Å². The Balaban J connectivity index is 2.08. The van der Waals surface area contributed by atoms with Crippen molar-refractivity contribution in [2.75, 3.05) is 20.8 Å². The van der Waals surface area contributed by atoms with Crippen LogP contribution in [0.2, 0.25) is 0 Å². The molecule has 0 unspecified atom stereocenters. The zero-order valence-corrected chi connectivity index (χ0v) is 11.8. The Morgan fingerprint density at radius 2 is 2.16 bits per heavy atom. The van der Waals surface area contributed by atoms with Crippen LogP contribution in [0.25, 0.3) is 10.6 Å². The lowest BCUT2D eigenvalue weighted by molar-refractivity contribution is 0.356. The average molecular weight is 276 g/mol. The summed E-state index contributed by atoms with van der Waals surface area (Å²) in [5.74, 6) is 1.50. The number of benzene rings is 1. The molecule has 0 bridgehead atoms. The third-order valence-corrected chi connectivity index (χ3v) is 4.37. The molecular formula is C14H16N2O2S. The summed E-state index contributed by atoms with van der Waals surface area (Å²) in [4.78, 5) is 6.07. The van der Waals surface area contributed by atoms with Crippen LogP contribution in [0.4, 0.5) is 0 Å². The van der Waals surface area contributed by atoms with E-state index in [1.807, 2.05) is 18.2 Å². The average Bonchev–Trinajstić information content (AvgIpc) is 2.89. The van der Waals surface area contributed by atoms with Crippen LogP contribution in [0, 0.1) is 0 Å². The molecule has 0 atom stereocenters. The van der Waals surface area contributed by atoms with E-state index in [0.29, 0.717) is 0 Å². The molecule has 0 spiro atoms. The fourth-order valence-corrected chi connectivity index (χ4v) is 3.40. The van der Waals surface area contributed by atoms with Crippen LogP contribution in [0.5, 0.6) is 11.5 Å². The number of para-hydroxylation sites is 1. The third-order valence-electron chi connectivity index (χ3n) is 3.24. The van der Waals surface area contributed by atoms with Gasteiger partial charge in [0.1, 0.15) is 5.01 Å². The molecular weight excluding hydrogens is 260 g/mol. The first kappa shape index (κ1) is 12.4. The molecule has 100 valence electrons. The highest BCUT2D eigenvalue weighted by molar-refractivity contribution is 7.15. The minimum atomic E-state index is 0.742. The number of methoxy groups -OCH3 is 2. The number of aromatic nitrogens is 1. The van der Waals surface area contributed by atoms with Crippen LogP contribution in [0.15, 0.2) is 18.2 Å². The maximum atomic E-state index is 5.48. The smallest absolute Gasteiger partial charge is 0.170 e. The van der Waals surface area contributed by atoms with Crippen molar-refractivity contribution in [3.05, 3.63) is 28.8 Å². The molecule has 1 N–H and O–H groups in total. The third kappa shape index (κ3) is 2.19. The summed E-state index contributed by atoms with van der Waals surface area (Å²) in [5, 5.41) is 4.38. The lowest BCUT2D eigenvalue weighted by Gasteiger charge is -2.10. The van der Waals surface area contributed by atoms with Gasteiger partial charge in [0.2, 0.25) is 0 Å². The van der Waals surface area contributed by atoms with E-state index in [9.17, 15) is 0 Å². The van der Waals surface area contributed by atoms with E-state index in [2.05, 4.69) is 5.32 Å². The number of rotatable bonds is 3. The number of fused-ring (bicyclic) bond motifs is 1. The van der Waals surface area contributed by atoms with E-state index >= 15 is 0 Å². The van der Waals surface area contributed by atoms with Crippen LogP contribution in [0.1, 0.15) is 10.6 Å². The van der Waals surface area contributed by atoms with Gasteiger partial charge >= 0.3 is 0 Å². The van der Waals surface area contributed by atoms with E-state index in [-0.39, 0.29) is 0 Å². The van der Waals surface area contributed by atoms with Crippen LogP contribution in [-0.4, -0.2) is 25.7 Å². The van der Waals surface area contributed by atoms with E-state index in [1.165, 1.54) is 10.6 Å². The zero-order chi connectivity index (χ0) is 13.2. The highest BCUT2D eigenvalue weighted by Gasteiger charge is 2.19. The lowest BCUT2D eigenvalue weighted by atomic mass is 10.2. The summed E-state index contributed by atoms with van der Waals surface area (Å²) in [5.41, 5.74) is 2.21. The Labute approximate surface area is 116 Å². The second-order valence-electron chi connectivity index (χ2n) is 4.36. The van der Waals surface area contributed by atoms with Gasteiger partial charge in [-0.25, -0.2) is 4.98 Å². The van der Waals surface area contributed by atoms with Gasteiger partial charge in [0.05, 0.1) is 25.5 Å². The first-order valence-electron chi connectivity index (χ1n) is 6.24. The van der Waals surface area contributed by atoms with Crippen LogP contribution in [-0.2, 0) is 13.0 Å². The maximum absolute atomic E-state index is 5.48. The summed E-state index contributed by atoms with van der Waals surface area (Å²) in [6.45, 7) is 1.92. The van der Waals surface area contributed by atoms with Crippen molar-refractivity contribution in [2.45, 2.75) is 13.0 Å². The van der Waals surface area contributed by atoms with Gasteiger partial charge < -0.3 is 14.8 Å². The molecule has 2 heterocycles. The van der Waals surface area contributed by atoms with E-state index < -0.39 is 0 Å². The molecule has 1 aliphatic rings. The summed E-state index contributed by atoms with van der Waals surface area (Å²) in [7, 11) is 3.31. The molecule has 1 aromatic heterocycles. The molecule has 0 radical (unpaired) electrons. The molecule has 1 aliphatic heterocycles. The van der Waals surface area contributed by atoms with Crippen LogP contribution < -0.4 is 14.8 Å². The van der Waals surface area contributed by atoms with Gasteiger partial charge in [0.15, 0.2) is 11.5 Å². The van der Waals surface area contributed by atoms with E-state index in [4.69, 9.17) is 14.5 Å². The first-order valence-corrected chi connectivity index (χ1v) is 7.05. The van der Waals surface area contributed by atoms with Crippen molar-refractivity contribution in [1.29, 1.82) is 0 Å². The number of thiazole rings is 1. The Morgan fingerprint density at radius 1 is 1.26 bits per heavy atom. The fourth-order valence-electron chi connectivity index (χ4n) is 2.30. The minimum Gasteiger partial charge on any atom is -0.493 e. The molecule has 5 heteroatoms. The number of nitrogens with zero attached hydrogens (tertiary/aromatic N) is 1. The topological polar surface area (TPSA) is 43.4 Å². The molecule has 4 nitrogen and oxygen atoms in total. The Morgan fingerprint density at radius 3 is 2.89 bits per heavy atom. The van der Waals surface area contributed by atoms with Gasteiger partial charge in [0, 0.05) is 24.4 Å². The number of hydrogen-bond donors (Lipinski definition) is 1. The van der Waals surface area contributed by atoms with Crippen LogP contribution in [0.3, 0.4) is 0 Å². The normalized spacial score (nSPS) is 14.0. The molecule has 0 fully saturated rings. The second kappa shape index (κ2) is 5.19. The zero-order valence-electron chi connectivity index (χ0n) is 11.0. The Bertz CT molecular complexity index is 572. The van der Waals surface area contributed by atoms with Crippen molar-refractivity contribution in [3.63, 3.8) is 0 Å². The second-order valence-corrected chi connectivity index (χ2v) is 5.44. The predicted octanol–water partition coefficient (Wildman–Crippen LogP) is 2.47. The Kier molecular flexibility index (Phi) is 3.40. The van der Waals surface area contributed by atoms with Crippen molar-refractivity contribution in [3.8, 4) is 22.1 Å². The maximum Gasteiger partial charge on any atom is 0.170 e. The number of nitrogens with one attached hydrogen (secondary N) is 1. The van der Waals surface area contributed by atoms with Gasteiger partial charge in [-0.3, -0.25) is 0 Å². The van der Waals surface area contributed by atoms with Gasteiger partial charge in [-0.05, 0) is 12.1 Å².